The smallest absolute Gasteiger partial charge is 0.225 e. The van der Waals surface area contributed by atoms with Crippen molar-refractivity contribution in [3.63, 3.8) is 0 Å². The summed E-state index contributed by atoms with van der Waals surface area (Å²) in [5, 5.41) is 6.19. The van der Waals surface area contributed by atoms with Crippen molar-refractivity contribution in [2.24, 2.45) is 5.41 Å². The van der Waals surface area contributed by atoms with Gasteiger partial charge in [-0.1, -0.05) is 27.7 Å². The minimum atomic E-state index is -0.402. The molecule has 1 saturated heterocycles. The van der Waals surface area contributed by atoms with Gasteiger partial charge in [0.15, 0.2) is 0 Å². The van der Waals surface area contributed by atoms with Gasteiger partial charge in [-0.25, -0.2) is 0 Å². The molecular weight excluding hydrogens is 266 g/mol. The Morgan fingerprint density at radius 3 is 2.38 bits per heavy atom. The summed E-state index contributed by atoms with van der Waals surface area (Å²) in [7, 11) is 0. The van der Waals surface area contributed by atoms with Crippen LogP contribution in [0.4, 0.5) is 0 Å². The van der Waals surface area contributed by atoms with Crippen LogP contribution in [0.3, 0.4) is 0 Å². The lowest BCUT2D eigenvalue weighted by molar-refractivity contribution is -0.134. The third-order valence-corrected chi connectivity index (χ3v) is 3.84. The molecule has 2 N–H and O–H groups in total. The fraction of sp³-hybridized carbons (Fsp3) is 0.875. The first-order valence-corrected chi connectivity index (χ1v) is 8.14. The first-order valence-electron chi connectivity index (χ1n) is 8.14. The lowest BCUT2D eigenvalue weighted by Crippen LogP contribution is -2.47. The molecule has 0 unspecified atom stereocenters. The molecular formula is C16H31N3O2. The molecule has 0 bridgehead atoms. The predicted octanol–water partition coefficient (Wildman–Crippen LogP) is 1.53. The molecule has 21 heavy (non-hydrogen) atoms. The average molecular weight is 297 g/mol. The van der Waals surface area contributed by atoms with Crippen molar-refractivity contribution in [2.45, 2.75) is 59.4 Å². The minimum Gasteiger partial charge on any atom is -0.355 e. The topological polar surface area (TPSA) is 61.4 Å². The van der Waals surface area contributed by atoms with Crippen molar-refractivity contribution < 1.29 is 9.59 Å². The Kier molecular flexibility index (Phi) is 7.15. The van der Waals surface area contributed by atoms with Gasteiger partial charge in [-0.3, -0.25) is 9.59 Å². The molecule has 1 aliphatic heterocycles. The normalized spacial score (nSPS) is 16.6. The van der Waals surface area contributed by atoms with E-state index in [2.05, 4.69) is 17.6 Å². The Hall–Kier alpha value is -1.10. The Balaban J connectivity index is 2.44. The molecule has 0 radical (unpaired) electrons. The molecule has 2 amide bonds. The summed E-state index contributed by atoms with van der Waals surface area (Å²) in [5.74, 6) is 0.164. The molecule has 1 aliphatic rings. The monoisotopic (exact) mass is 297 g/mol. The standard InChI is InChI=1S/C16H31N3O2/c1-5-12-19(13-6-9-17-10-7-13)14(20)8-11-18-15(21)16(2,3)4/h13,17H,5-12H2,1-4H3,(H,18,21). The largest absolute Gasteiger partial charge is 0.355 e. The van der Waals surface area contributed by atoms with E-state index in [4.69, 9.17) is 0 Å². The fourth-order valence-electron chi connectivity index (χ4n) is 2.56. The minimum absolute atomic E-state index is 0.000733. The molecule has 0 spiro atoms. The molecule has 1 fully saturated rings. The Bertz CT molecular complexity index is 344. The molecule has 5 nitrogen and oxygen atoms in total. The molecule has 0 aromatic heterocycles. The number of piperidine rings is 1. The average Bonchev–Trinajstić information content (AvgIpc) is 2.44. The summed E-state index contributed by atoms with van der Waals surface area (Å²) in [4.78, 5) is 26.2. The van der Waals surface area contributed by atoms with E-state index >= 15 is 0 Å². The fourth-order valence-corrected chi connectivity index (χ4v) is 2.56. The van der Waals surface area contributed by atoms with Crippen molar-refractivity contribution in [1.29, 1.82) is 0 Å². The number of amides is 2. The van der Waals surface area contributed by atoms with E-state index in [0.717, 1.165) is 38.9 Å². The van der Waals surface area contributed by atoms with Crippen molar-refractivity contribution in [1.82, 2.24) is 15.5 Å². The highest BCUT2D eigenvalue weighted by Crippen LogP contribution is 2.14. The SMILES string of the molecule is CCCN(C(=O)CCNC(=O)C(C)(C)C)C1CCNCC1. The second-order valence-electron chi connectivity index (χ2n) is 6.82. The summed E-state index contributed by atoms with van der Waals surface area (Å²) in [6, 6.07) is 0.358. The van der Waals surface area contributed by atoms with E-state index in [1.807, 2.05) is 25.7 Å². The van der Waals surface area contributed by atoms with E-state index in [9.17, 15) is 9.59 Å². The zero-order chi connectivity index (χ0) is 15.9. The summed E-state index contributed by atoms with van der Waals surface area (Å²) in [5.41, 5.74) is -0.402. The van der Waals surface area contributed by atoms with E-state index in [1.54, 1.807) is 0 Å². The van der Waals surface area contributed by atoms with Gasteiger partial charge < -0.3 is 15.5 Å². The van der Waals surface area contributed by atoms with Crippen molar-refractivity contribution >= 4 is 11.8 Å². The van der Waals surface area contributed by atoms with E-state index in [1.165, 1.54) is 0 Å². The quantitative estimate of drug-likeness (QED) is 0.781. The number of rotatable bonds is 6. The predicted molar refractivity (Wildman–Crippen MR) is 85.0 cm³/mol. The van der Waals surface area contributed by atoms with Gasteiger partial charge >= 0.3 is 0 Å². The lowest BCUT2D eigenvalue weighted by Gasteiger charge is -2.34. The maximum Gasteiger partial charge on any atom is 0.225 e. The van der Waals surface area contributed by atoms with Gasteiger partial charge in [0, 0.05) is 31.0 Å². The van der Waals surface area contributed by atoms with Crippen LogP contribution in [0, 0.1) is 5.41 Å². The van der Waals surface area contributed by atoms with Crippen LogP contribution in [0.15, 0.2) is 0 Å². The summed E-state index contributed by atoms with van der Waals surface area (Å²) in [6.07, 6.45) is 3.43. The van der Waals surface area contributed by atoms with Gasteiger partial charge in [0.1, 0.15) is 0 Å². The van der Waals surface area contributed by atoms with Crippen LogP contribution in [0.25, 0.3) is 0 Å². The van der Waals surface area contributed by atoms with Crippen molar-refractivity contribution in [3.05, 3.63) is 0 Å². The third-order valence-electron chi connectivity index (χ3n) is 3.84. The number of carbonyl (C=O) groups is 2. The molecule has 0 atom stereocenters. The zero-order valence-corrected chi connectivity index (χ0v) is 14.0. The van der Waals surface area contributed by atoms with Crippen LogP contribution in [0.5, 0.6) is 0 Å². The lowest BCUT2D eigenvalue weighted by atomic mass is 9.96. The van der Waals surface area contributed by atoms with Gasteiger partial charge in [0.05, 0.1) is 0 Å². The number of hydrogen-bond donors (Lipinski definition) is 2. The van der Waals surface area contributed by atoms with Crippen LogP contribution < -0.4 is 10.6 Å². The van der Waals surface area contributed by atoms with Gasteiger partial charge in [0.2, 0.25) is 11.8 Å². The molecule has 0 aromatic rings. The van der Waals surface area contributed by atoms with E-state index in [0.29, 0.717) is 19.0 Å². The highest BCUT2D eigenvalue weighted by Gasteiger charge is 2.25. The van der Waals surface area contributed by atoms with Gasteiger partial charge in [0.25, 0.3) is 0 Å². The summed E-state index contributed by atoms with van der Waals surface area (Å²) in [6.45, 7) is 10.9. The number of nitrogens with zero attached hydrogens (tertiary/aromatic N) is 1. The summed E-state index contributed by atoms with van der Waals surface area (Å²) < 4.78 is 0. The molecule has 1 rings (SSSR count). The highest BCUT2D eigenvalue weighted by atomic mass is 16.2. The molecule has 5 heteroatoms. The van der Waals surface area contributed by atoms with Crippen molar-refractivity contribution in [2.75, 3.05) is 26.2 Å². The number of hydrogen-bond acceptors (Lipinski definition) is 3. The molecule has 122 valence electrons. The van der Waals surface area contributed by atoms with Crippen LogP contribution >= 0.6 is 0 Å². The van der Waals surface area contributed by atoms with Crippen LogP contribution in [0.2, 0.25) is 0 Å². The van der Waals surface area contributed by atoms with Crippen LogP contribution in [-0.4, -0.2) is 48.9 Å². The maximum atomic E-state index is 12.4. The third kappa shape index (κ3) is 6.04. The summed E-state index contributed by atoms with van der Waals surface area (Å²) >= 11 is 0. The molecule has 0 saturated carbocycles. The first kappa shape index (κ1) is 18.0. The molecule has 1 heterocycles. The van der Waals surface area contributed by atoms with Gasteiger partial charge in [-0.05, 0) is 32.4 Å². The Labute approximate surface area is 128 Å². The van der Waals surface area contributed by atoms with Gasteiger partial charge in [-0.15, -0.1) is 0 Å². The zero-order valence-electron chi connectivity index (χ0n) is 14.0. The van der Waals surface area contributed by atoms with Crippen molar-refractivity contribution in [3.8, 4) is 0 Å². The first-order chi connectivity index (χ1) is 9.86. The van der Waals surface area contributed by atoms with Crippen LogP contribution in [-0.2, 0) is 9.59 Å². The second-order valence-corrected chi connectivity index (χ2v) is 6.82. The molecule has 0 aliphatic carbocycles. The maximum absolute atomic E-state index is 12.4. The van der Waals surface area contributed by atoms with Gasteiger partial charge in [-0.2, -0.15) is 0 Å². The second kappa shape index (κ2) is 8.37. The van der Waals surface area contributed by atoms with E-state index in [-0.39, 0.29) is 11.8 Å². The number of carbonyl (C=O) groups excluding carboxylic acids is 2. The Morgan fingerprint density at radius 2 is 1.86 bits per heavy atom. The Morgan fingerprint density at radius 1 is 1.24 bits per heavy atom. The van der Waals surface area contributed by atoms with E-state index < -0.39 is 5.41 Å². The molecule has 0 aromatic carbocycles. The number of nitrogens with one attached hydrogen (secondary N) is 2. The highest BCUT2D eigenvalue weighted by molar-refractivity contribution is 5.82. The van der Waals surface area contributed by atoms with Crippen LogP contribution in [0.1, 0.15) is 53.4 Å².